The van der Waals surface area contributed by atoms with E-state index in [1.54, 1.807) is 49.2 Å². The number of nitrogens with zero attached hydrogens (tertiary/aromatic N) is 3. The maximum Gasteiger partial charge on any atom is 0.301 e. The number of hydrogen-bond acceptors (Lipinski definition) is 5. The molecule has 1 aliphatic heterocycles. The molecule has 11 heteroatoms. The van der Waals surface area contributed by atoms with Gasteiger partial charge >= 0.3 is 10.2 Å². The Bertz CT molecular complexity index is 1100. The molecule has 0 unspecified atom stereocenters. The van der Waals surface area contributed by atoms with Crippen LogP contribution in [0.4, 0.5) is 0 Å². The van der Waals surface area contributed by atoms with Crippen LogP contribution in [0, 0.1) is 0 Å². The lowest BCUT2D eigenvalue weighted by Gasteiger charge is -2.32. The normalized spacial score (nSPS) is 15.9. The molecule has 1 aromatic carbocycles. The quantitative estimate of drug-likeness (QED) is 0.342. The molecule has 0 bridgehead atoms. The SMILES string of the molecule is C=C(/C=C\C=C(/C)NS(=O)(=O)N(C)CCOC)[C@@H](CN1CCCC1)N(C)C(=O)Cc1ccc(Cl)c(Cl)c1. The molecule has 0 saturated carbocycles. The highest BCUT2D eigenvalue weighted by Crippen LogP contribution is 2.23. The van der Waals surface area contributed by atoms with Crippen molar-refractivity contribution in [3.8, 4) is 0 Å². The minimum atomic E-state index is -3.67. The number of rotatable bonds is 14. The van der Waals surface area contributed by atoms with Crippen LogP contribution in [0.5, 0.6) is 0 Å². The van der Waals surface area contributed by atoms with Crippen molar-refractivity contribution in [3.05, 3.63) is 69.9 Å². The molecule has 2 rings (SSSR count). The monoisotopic (exact) mass is 572 g/mol. The van der Waals surface area contributed by atoms with E-state index >= 15 is 0 Å². The molecule has 206 valence electrons. The van der Waals surface area contributed by atoms with Gasteiger partial charge in [-0.15, -0.1) is 0 Å². The van der Waals surface area contributed by atoms with E-state index in [0.29, 0.717) is 28.9 Å². The first-order chi connectivity index (χ1) is 17.4. The maximum atomic E-state index is 13.2. The number of nitrogens with one attached hydrogen (secondary N) is 1. The number of allylic oxidation sites excluding steroid dienone is 3. The minimum Gasteiger partial charge on any atom is -0.383 e. The molecule has 1 atom stereocenters. The number of carbonyl (C=O) groups excluding carboxylic acids is 1. The Morgan fingerprint density at radius 1 is 1.24 bits per heavy atom. The second-order valence-corrected chi connectivity index (χ2v) is 11.8. The molecule has 1 heterocycles. The molecule has 1 amide bonds. The molecule has 37 heavy (non-hydrogen) atoms. The van der Waals surface area contributed by atoms with Crippen molar-refractivity contribution < 1.29 is 17.9 Å². The molecular formula is C26H38Cl2N4O4S. The Morgan fingerprint density at radius 2 is 1.92 bits per heavy atom. The molecule has 1 fully saturated rings. The Labute approximate surface area is 231 Å². The number of likely N-dealkylation sites (tertiary alicyclic amines) is 1. The third-order valence-corrected chi connectivity index (χ3v) is 8.55. The van der Waals surface area contributed by atoms with Crippen molar-refractivity contribution >= 4 is 39.3 Å². The number of halogens is 2. The summed E-state index contributed by atoms with van der Waals surface area (Å²) in [6.45, 7) is 9.09. The van der Waals surface area contributed by atoms with Gasteiger partial charge in [0.1, 0.15) is 0 Å². The fourth-order valence-corrected chi connectivity index (χ4v) is 5.17. The number of benzene rings is 1. The van der Waals surface area contributed by atoms with Gasteiger partial charge in [-0.1, -0.05) is 48.0 Å². The average Bonchev–Trinajstić information content (AvgIpc) is 3.35. The van der Waals surface area contributed by atoms with Crippen LogP contribution in [-0.4, -0.2) is 88.5 Å². The summed E-state index contributed by atoms with van der Waals surface area (Å²) in [6, 6.07) is 4.95. The van der Waals surface area contributed by atoms with Gasteiger partial charge in [0.15, 0.2) is 0 Å². The molecule has 1 saturated heterocycles. The summed E-state index contributed by atoms with van der Waals surface area (Å²) >= 11 is 12.1. The Kier molecular flexibility index (Phi) is 12.6. The fraction of sp³-hybridized carbons (Fsp3) is 0.500. The Morgan fingerprint density at radius 3 is 2.54 bits per heavy atom. The molecule has 1 aromatic rings. The first kappa shape index (κ1) is 31.3. The van der Waals surface area contributed by atoms with Crippen LogP contribution in [0.2, 0.25) is 10.0 Å². The van der Waals surface area contributed by atoms with Gasteiger partial charge in [-0.25, -0.2) is 0 Å². The third-order valence-electron chi connectivity index (χ3n) is 6.23. The molecule has 0 aromatic heterocycles. The van der Waals surface area contributed by atoms with Gasteiger partial charge in [0.25, 0.3) is 0 Å². The zero-order valence-corrected chi connectivity index (χ0v) is 24.4. The maximum absolute atomic E-state index is 13.2. The average molecular weight is 574 g/mol. The molecule has 1 N–H and O–H groups in total. The van der Waals surface area contributed by atoms with Crippen LogP contribution in [0.3, 0.4) is 0 Å². The second kappa shape index (κ2) is 14.9. The van der Waals surface area contributed by atoms with Gasteiger partial charge in [0.05, 0.1) is 29.1 Å². The lowest BCUT2D eigenvalue weighted by Crippen LogP contribution is -2.45. The lowest BCUT2D eigenvalue weighted by atomic mass is 10.0. The van der Waals surface area contributed by atoms with Gasteiger partial charge in [-0.2, -0.15) is 12.7 Å². The zero-order valence-electron chi connectivity index (χ0n) is 22.0. The van der Waals surface area contributed by atoms with Crippen LogP contribution in [0.25, 0.3) is 0 Å². The van der Waals surface area contributed by atoms with Crippen LogP contribution < -0.4 is 4.72 Å². The summed E-state index contributed by atoms with van der Waals surface area (Å²) in [7, 11) is 1.12. The van der Waals surface area contributed by atoms with Crippen molar-refractivity contribution in [3.63, 3.8) is 0 Å². The smallest absolute Gasteiger partial charge is 0.301 e. The molecule has 0 spiro atoms. The number of amides is 1. The molecule has 8 nitrogen and oxygen atoms in total. The van der Waals surface area contributed by atoms with Crippen molar-refractivity contribution in [1.29, 1.82) is 0 Å². The summed E-state index contributed by atoms with van der Waals surface area (Å²) in [4.78, 5) is 17.2. The highest BCUT2D eigenvalue weighted by atomic mass is 35.5. The zero-order chi connectivity index (χ0) is 27.6. The number of hydrogen-bond donors (Lipinski definition) is 1. The van der Waals surface area contributed by atoms with E-state index in [1.165, 1.54) is 18.5 Å². The third kappa shape index (κ3) is 10.1. The molecular weight excluding hydrogens is 535 g/mol. The van der Waals surface area contributed by atoms with Crippen LogP contribution in [-0.2, 0) is 26.2 Å². The van der Waals surface area contributed by atoms with Crippen molar-refractivity contribution in [2.24, 2.45) is 0 Å². The predicted molar refractivity (Wildman–Crippen MR) is 151 cm³/mol. The summed E-state index contributed by atoms with van der Waals surface area (Å²) in [5.74, 6) is -0.0595. The van der Waals surface area contributed by atoms with E-state index in [1.807, 2.05) is 6.08 Å². The summed E-state index contributed by atoms with van der Waals surface area (Å²) in [5, 5.41) is 0.863. The number of likely N-dealkylation sites (N-methyl/N-ethyl adjacent to an activating group) is 2. The van der Waals surface area contributed by atoms with Gasteiger partial charge in [0, 0.05) is 40.0 Å². The molecule has 1 aliphatic rings. The first-order valence-electron chi connectivity index (χ1n) is 12.1. The fourth-order valence-electron chi connectivity index (χ4n) is 3.90. The van der Waals surface area contributed by atoms with Gasteiger partial charge in [-0.05, 0) is 62.2 Å². The first-order valence-corrected chi connectivity index (χ1v) is 14.3. The van der Waals surface area contributed by atoms with Crippen molar-refractivity contribution in [2.45, 2.75) is 32.2 Å². The standard InChI is InChI=1S/C26H38Cl2N4O4S/c1-20(9-8-10-21(2)29-37(34,35)30(3)15-16-36-5)25(19-32-13-6-7-14-32)31(4)26(33)18-22-11-12-23(27)24(28)17-22/h8-12,17,25,29H,1,6-7,13-16,18-19H2,2-5H3/b9-8-,21-10+/t25-/m1/s1. The summed E-state index contributed by atoms with van der Waals surface area (Å²) in [6.07, 6.45) is 7.68. The van der Waals surface area contributed by atoms with Gasteiger partial charge < -0.3 is 14.5 Å². The number of methoxy groups -OCH3 is 1. The Balaban J connectivity index is 2.10. The second-order valence-electron chi connectivity index (χ2n) is 9.16. The highest BCUT2D eigenvalue weighted by molar-refractivity contribution is 7.87. The minimum absolute atomic E-state index is 0.0595. The number of carbonyl (C=O) groups is 1. The van der Waals surface area contributed by atoms with Crippen molar-refractivity contribution in [1.82, 2.24) is 18.8 Å². The van der Waals surface area contributed by atoms with E-state index in [2.05, 4.69) is 16.2 Å². The van der Waals surface area contributed by atoms with E-state index in [4.69, 9.17) is 27.9 Å². The highest BCUT2D eigenvalue weighted by Gasteiger charge is 2.25. The van der Waals surface area contributed by atoms with E-state index < -0.39 is 10.2 Å². The van der Waals surface area contributed by atoms with E-state index in [9.17, 15) is 13.2 Å². The largest absolute Gasteiger partial charge is 0.383 e. The van der Waals surface area contributed by atoms with E-state index in [0.717, 1.165) is 37.1 Å². The number of ether oxygens (including phenoxy) is 1. The van der Waals surface area contributed by atoms with Gasteiger partial charge in [0.2, 0.25) is 5.91 Å². The molecule has 0 radical (unpaired) electrons. The summed E-state index contributed by atoms with van der Waals surface area (Å²) in [5.41, 5.74) is 1.99. The Hall–Kier alpha value is -1.88. The summed E-state index contributed by atoms with van der Waals surface area (Å²) < 4.78 is 33.5. The van der Waals surface area contributed by atoms with Crippen LogP contribution in [0.15, 0.2) is 54.3 Å². The lowest BCUT2D eigenvalue weighted by molar-refractivity contribution is -0.130. The van der Waals surface area contributed by atoms with E-state index in [-0.39, 0.29) is 24.9 Å². The van der Waals surface area contributed by atoms with Crippen molar-refractivity contribution in [2.75, 3.05) is 54.0 Å². The van der Waals surface area contributed by atoms with Gasteiger partial charge in [-0.3, -0.25) is 9.52 Å². The van der Waals surface area contributed by atoms with Crippen LogP contribution >= 0.6 is 23.2 Å². The van der Waals surface area contributed by atoms with Crippen LogP contribution in [0.1, 0.15) is 25.3 Å². The topological polar surface area (TPSA) is 82.2 Å². The molecule has 0 aliphatic carbocycles. The predicted octanol–water partition coefficient (Wildman–Crippen LogP) is 3.89.